The van der Waals surface area contributed by atoms with Crippen LogP contribution >= 0.6 is 0 Å². The molecule has 0 heterocycles. The molecule has 0 aliphatic rings. The number of carboxylic acid groups (broad SMARTS) is 1. The second kappa shape index (κ2) is 7.09. The number of anilines is 2. The number of nitrogens with two attached hydrogens (primary N) is 1. The SMILES string of the molecule is CCCN(CCN(C)C)c1cc(C(=O)O)c(N)cc1F. The van der Waals surface area contributed by atoms with Crippen LogP contribution in [0.1, 0.15) is 23.7 Å². The molecule has 0 aliphatic carbocycles. The third kappa shape index (κ3) is 4.09. The Morgan fingerprint density at radius 1 is 1.30 bits per heavy atom. The zero-order valence-electron chi connectivity index (χ0n) is 12.2. The Kier molecular flexibility index (Phi) is 5.76. The molecule has 1 aromatic carbocycles. The summed E-state index contributed by atoms with van der Waals surface area (Å²) in [6.07, 6.45) is 0.847. The van der Waals surface area contributed by atoms with E-state index in [0.717, 1.165) is 19.0 Å². The molecule has 0 amide bonds. The van der Waals surface area contributed by atoms with Crippen molar-refractivity contribution in [1.82, 2.24) is 4.90 Å². The van der Waals surface area contributed by atoms with Crippen molar-refractivity contribution in [2.24, 2.45) is 0 Å². The number of hydrogen-bond acceptors (Lipinski definition) is 4. The number of carbonyl (C=O) groups is 1. The van der Waals surface area contributed by atoms with Crippen LogP contribution in [0.3, 0.4) is 0 Å². The molecule has 0 radical (unpaired) electrons. The van der Waals surface area contributed by atoms with Crippen LogP contribution in [0.5, 0.6) is 0 Å². The van der Waals surface area contributed by atoms with Crippen LogP contribution in [0.4, 0.5) is 15.8 Å². The van der Waals surface area contributed by atoms with Crippen molar-refractivity contribution in [3.8, 4) is 0 Å². The standard InChI is InChI=1S/C14H22FN3O2/c1-4-5-18(7-6-17(2)3)13-8-10(14(19)20)12(16)9-11(13)15/h8-9H,4-7,16H2,1-3H3,(H,19,20). The van der Waals surface area contributed by atoms with Gasteiger partial charge in [-0.2, -0.15) is 0 Å². The maximum atomic E-state index is 14.1. The first-order valence-electron chi connectivity index (χ1n) is 6.58. The third-order valence-electron chi connectivity index (χ3n) is 3.00. The number of rotatable bonds is 7. The Labute approximate surface area is 118 Å². The number of hydrogen-bond donors (Lipinski definition) is 2. The van der Waals surface area contributed by atoms with Crippen LogP contribution in [0, 0.1) is 5.82 Å². The van der Waals surface area contributed by atoms with Crippen molar-refractivity contribution in [3.05, 3.63) is 23.5 Å². The number of carboxylic acids is 1. The normalized spacial score (nSPS) is 10.8. The van der Waals surface area contributed by atoms with Crippen LogP contribution in [-0.2, 0) is 0 Å². The molecule has 0 bridgehead atoms. The molecule has 0 aromatic heterocycles. The predicted molar refractivity (Wildman–Crippen MR) is 78.8 cm³/mol. The van der Waals surface area contributed by atoms with Gasteiger partial charge in [-0.25, -0.2) is 9.18 Å². The van der Waals surface area contributed by atoms with Gasteiger partial charge in [-0.15, -0.1) is 0 Å². The lowest BCUT2D eigenvalue weighted by Crippen LogP contribution is -2.33. The fraction of sp³-hybridized carbons (Fsp3) is 0.500. The van der Waals surface area contributed by atoms with Crippen LogP contribution in [0.25, 0.3) is 0 Å². The second-order valence-corrected chi connectivity index (χ2v) is 4.99. The number of aromatic carboxylic acids is 1. The fourth-order valence-corrected chi connectivity index (χ4v) is 1.95. The van der Waals surface area contributed by atoms with Gasteiger partial charge in [0.25, 0.3) is 0 Å². The van der Waals surface area contributed by atoms with Crippen molar-refractivity contribution in [2.45, 2.75) is 13.3 Å². The molecule has 0 atom stereocenters. The summed E-state index contributed by atoms with van der Waals surface area (Å²) in [5, 5.41) is 9.08. The average Bonchev–Trinajstić information content (AvgIpc) is 2.34. The van der Waals surface area contributed by atoms with E-state index < -0.39 is 11.8 Å². The Bertz CT molecular complexity index is 478. The average molecular weight is 283 g/mol. The van der Waals surface area contributed by atoms with E-state index in [4.69, 9.17) is 10.8 Å². The van der Waals surface area contributed by atoms with Gasteiger partial charge in [-0.1, -0.05) is 6.92 Å². The first-order valence-corrected chi connectivity index (χ1v) is 6.58. The van der Waals surface area contributed by atoms with Crippen molar-refractivity contribution < 1.29 is 14.3 Å². The summed E-state index contributed by atoms with van der Waals surface area (Å²) in [5.74, 6) is -1.63. The Hall–Kier alpha value is -1.82. The molecule has 112 valence electrons. The molecular weight excluding hydrogens is 261 g/mol. The molecule has 1 aromatic rings. The van der Waals surface area contributed by atoms with E-state index in [9.17, 15) is 9.18 Å². The van der Waals surface area contributed by atoms with E-state index in [1.807, 2.05) is 30.8 Å². The highest BCUT2D eigenvalue weighted by Gasteiger charge is 2.17. The molecule has 0 saturated heterocycles. The number of nitrogen functional groups attached to an aromatic ring is 1. The monoisotopic (exact) mass is 283 g/mol. The molecule has 6 heteroatoms. The molecular formula is C14H22FN3O2. The molecule has 1 rings (SSSR count). The maximum absolute atomic E-state index is 14.1. The summed E-state index contributed by atoms with van der Waals surface area (Å²) in [6.45, 7) is 4.04. The van der Waals surface area contributed by atoms with Crippen molar-refractivity contribution in [2.75, 3.05) is 44.4 Å². The van der Waals surface area contributed by atoms with Crippen molar-refractivity contribution in [1.29, 1.82) is 0 Å². The Morgan fingerprint density at radius 3 is 2.45 bits per heavy atom. The zero-order chi connectivity index (χ0) is 15.3. The van der Waals surface area contributed by atoms with Crippen molar-refractivity contribution in [3.63, 3.8) is 0 Å². The minimum absolute atomic E-state index is 0.0530. The maximum Gasteiger partial charge on any atom is 0.337 e. The summed E-state index contributed by atoms with van der Waals surface area (Å²) < 4.78 is 14.1. The van der Waals surface area contributed by atoms with Gasteiger partial charge in [0.1, 0.15) is 5.82 Å². The Balaban J connectivity index is 3.11. The summed E-state index contributed by atoms with van der Waals surface area (Å²) >= 11 is 0. The molecule has 0 saturated carbocycles. The van der Waals surface area contributed by atoms with E-state index in [1.54, 1.807) is 0 Å². The lowest BCUT2D eigenvalue weighted by Gasteiger charge is -2.27. The number of benzene rings is 1. The highest BCUT2D eigenvalue weighted by atomic mass is 19.1. The molecule has 20 heavy (non-hydrogen) atoms. The summed E-state index contributed by atoms with van der Waals surface area (Å²) in [5.41, 5.74) is 5.72. The van der Waals surface area contributed by atoms with Crippen LogP contribution in [0.15, 0.2) is 12.1 Å². The number of likely N-dealkylation sites (N-methyl/N-ethyl adjacent to an activating group) is 1. The second-order valence-electron chi connectivity index (χ2n) is 4.99. The van der Waals surface area contributed by atoms with Crippen molar-refractivity contribution >= 4 is 17.3 Å². The first-order chi connectivity index (χ1) is 9.36. The van der Waals surface area contributed by atoms with Gasteiger partial charge in [0.05, 0.1) is 11.3 Å². The quantitative estimate of drug-likeness (QED) is 0.748. The van der Waals surface area contributed by atoms with Gasteiger partial charge in [0, 0.05) is 25.3 Å². The van der Waals surface area contributed by atoms with E-state index >= 15 is 0 Å². The summed E-state index contributed by atoms with van der Waals surface area (Å²) in [6, 6.07) is 2.40. The van der Waals surface area contributed by atoms with Crippen LogP contribution < -0.4 is 10.6 Å². The highest BCUT2D eigenvalue weighted by molar-refractivity contribution is 5.95. The van der Waals surface area contributed by atoms with Crippen LogP contribution in [-0.4, -0.2) is 49.7 Å². The smallest absolute Gasteiger partial charge is 0.337 e. The molecule has 0 fully saturated rings. The Morgan fingerprint density at radius 2 is 1.95 bits per heavy atom. The molecule has 5 nitrogen and oxygen atoms in total. The van der Waals surface area contributed by atoms with E-state index in [-0.39, 0.29) is 11.3 Å². The van der Waals surface area contributed by atoms with E-state index in [1.165, 1.54) is 6.07 Å². The van der Waals surface area contributed by atoms with Gasteiger partial charge >= 0.3 is 5.97 Å². The zero-order valence-corrected chi connectivity index (χ0v) is 12.2. The largest absolute Gasteiger partial charge is 0.478 e. The lowest BCUT2D eigenvalue weighted by molar-refractivity contribution is 0.0698. The van der Waals surface area contributed by atoms with Crippen LogP contribution in [0.2, 0.25) is 0 Å². The van der Waals surface area contributed by atoms with Gasteiger partial charge < -0.3 is 20.6 Å². The van der Waals surface area contributed by atoms with E-state index in [2.05, 4.69) is 0 Å². The molecule has 3 N–H and O–H groups in total. The minimum Gasteiger partial charge on any atom is -0.478 e. The molecule has 0 spiro atoms. The van der Waals surface area contributed by atoms with Gasteiger partial charge in [0.15, 0.2) is 0 Å². The lowest BCUT2D eigenvalue weighted by atomic mass is 10.1. The van der Waals surface area contributed by atoms with E-state index in [0.29, 0.717) is 18.8 Å². The first kappa shape index (κ1) is 16.2. The fourth-order valence-electron chi connectivity index (χ4n) is 1.95. The highest BCUT2D eigenvalue weighted by Crippen LogP contribution is 2.25. The topological polar surface area (TPSA) is 69.8 Å². The third-order valence-corrected chi connectivity index (χ3v) is 3.00. The van der Waals surface area contributed by atoms with Gasteiger partial charge in [-0.05, 0) is 32.6 Å². The predicted octanol–water partition coefficient (Wildman–Crippen LogP) is 1.88. The summed E-state index contributed by atoms with van der Waals surface area (Å²) in [4.78, 5) is 14.9. The summed E-state index contributed by atoms with van der Waals surface area (Å²) in [7, 11) is 3.87. The van der Waals surface area contributed by atoms with Gasteiger partial charge in [-0.3, -0.25) is 0 Å². The molecule has 0 aliphatic heterocycles. The minimum atomic E-state index is -1.15. The van der Waals surface area contributed by atoms with Gasteiger partial charge in [0.2, 0.25) is 0 Å². The number of halogens is 1. The molecule has 0 unspecified atom stereocenters. The number of nitrogens with zero attached hydrogens (tertiary/aromatic N) is 2.